The van der Waals surface area contributed by atoms with Gasteiger partial charge in [0.1, 0.15) is 5.75 Å². The molecule has 1 rings (SSSR count). The third-order valence-electron chi connectivity index (χ3n) is 2.88. The van der Waals surface area contributed by atoms with Gasteiger partial charge in [0, 0.05) is 24.5 Å². The monoisotopic (exact) mass is 268 g/mol. The van der Waals surface area contributed by atoms with Gasteiger partial charge in [-0.1, -0.05) is 0 Å². The molecule has 0 spiro atoms. The lowest BCUT2D eigenvalue weighted by molar-refractivity contribution is 0.0758. The molecule has 1 atom stereocenters. The average molecular weight is 268 g/mol. The molecule has 1 aromatic carbocycles. The maximum Gasteiger partial charge on any atom is 0.256 e. The number of methoxy groups -OCH3 is 1. The Bertz CT molecular complexity index is 423. The van der Waals surface area contributed by atoms with Crippen molar-refractivity contribution in [3.63, 3.8) is 0 Å². The maximum absolute atomic E-state index is 12.3. The molecule has 0 aliphatic rings. The van der Waals surface area contributed by atoms with Gasteiger partial charge in [-0.25, -0.2) is 0 Å². The molecule has 0 aliphatic heterocycles. The van der Waals surface area contributed by atoms with E-state index in [1.165, 1.54) is 0 Å². The van der Waals surface area contributed by atoms with Crippen molar-refractivity contribution in [3.8, 4) is 5.75 Å². The molecule has 4 nitrogen and oxygen atoms in total. The Morgan fingerprint density at radius 3 is 2.78 bits per heavy atom. The van der Waals surface area contributed by atoms with Crippen LogP contribution in [0.25, 0.3) is 0 Å². The van der Waals surface area contributed by atoms with E-state index in [0.717, 1.165) is 5.75 Å². The Labute approximate surface area is 112 Å². The number of amides is 1. The van der Waals surface area contributed by atoms with E-state index in [2.05, 4.69) is 0 Å². The molecule has 0 radical (unpaired) electrons. The second kappa shape index (κ2) is 6.54. The Hall–Kier alpha value is -1.36. The summed E-state index contributed by atoms with van der Waals surface area (Å²) in [5, 5.41) is 0. The molecule has 0 bridgehead atoms. The number of benzene rings is 1. The van der Waals surface area contributed by atoms with Crippen molar-refractivity contribution in [3.05, 3.63) is 23.8 Å². The summed E-state index contributed by atoms with van der Waals surface area (Å²) >= 11 is 1.71. The van der Waals surface area contributed by atoms with Crippen molar-refractivity contribution in [2.45, 2.75) is 13.0 Å². The van der Waals surface area contributed by atoms with Gasteiger partial charge >= 0.3 is 0 Å². The molecule has 1 aromatic rings. The number of nitrogens with two attached hydrogens (primary N) is 1. The molecule has 0 saturated carbocycles. The van der Waals surface area contributed by atoms with E-state index in [1.807, 2.05) is 13.2 Å². The Morgan fingerprint density at radius 2 is 2.22 bits per heavy atom. The highest BCUT2D eigenvalue weighted by Crippen LogP contribution is 2.21. The summed E-state index contributed by atoms with van der Waals surface area (Å²) in [6, 6.07) is 5.29. The molecule has 100 valence electrons. The minimum atomic E-state index is -0.0760. The van der Waals surface area contributed by atoms with Gasteiger partial charge in [-0.2, -0.15) is 11.8 Å². The first kappa shape index (κ1) is 14.7. The van der Waals surface area contributed by atoms with Crippen LogP contribution in [-0.2, 0) is 0 Å². The lowest BCUT2D eigenvalue weighted by atomic mass is 10.1. The minimum absolute atomic E-state index is 0.0760. The van der Waals surface area contributed by atoms with Crippen LogP contribution in [0.4, 0.5) is 5.69 Å². The molecule has 0 saturated heterocycles. The number of carbonyl (C=O) groups excluding carboxylic acids is 1. The quantitative estimate of drug-likeness (QED) is 0.831. The number of anilines is 1. The van der Waals surface area contributed by atoms with Crippen molar-refractivity contribution in [1.29, 1.82) is 0 Å². The third-order valence-corrected chi connectivity index (χ3v) is 3.70. The SMILES string of the molecule is COc1ccc(N)c(C(=O)N(C)C(C)CSC)c1. The molecular weight excluding hydrogens is 248 g/mol. The fraction of sp³-hybridized carbons (Fsp3) is 0.462. The lowest BCUT2D eigenvalue weighted by Gasteiger charge is -2.25. The highest BCUT2D eigenvalue weighted by molar-refractivity contribution is 7.98. The van der Waals surface area contributed by atoms with Gasteiger partial charge in [-0.15, -0.1) is 0 Å². The third kappa shape index (κ3) is 3.32. The molecule has 2 N–H and O–H groups in total. The van der Waals surface area contributed by atoms with Gasteiger partial charge in [0.2, 0.25) is 0 Å². The van der Waals surface area contributed by atoms with E-state index >= 15 is 0 Å². The number of rotatable bonds is 5. The minimum Gasteiger partial charge on any atom is -0.497 e. The smallest absolute Gasteiger partial charge is 0.256 e. The molecular formula is C13H20N2O2S. The molecule has 1 unspecified atom stereocenters. The number of thioether (sulfide) groups is 1. The Kier molecular flexibility index (Phi) is 5.34. The van der Waals surface area contributed by atoms with E-state index in [1.54, 1.807) is 49.0 Å². The van der Waals surface area contributed by atoms with E-state index < -0.39 is 0 Å². The van der Waals surface area contributed by atoms with Crippen molar-refractivity contribution >= 4 is 23.4 Å². The zero-order chi connectivity index (χ0) is 13.7. The molecule has 0 heterocycles. The van der Waals surface area contributed by atoms with Gasteiger partial charge < -0.3 is 15.4 Å². The number of ether oxygens (including phenoxy) is 1. The first-order valence-corrected chi connectivity index (χ1v) is 7.10. The molecule has 0 fully saturated rings. The topological polar surface area (TPSA) is 55.6 Å². The Balaban J connectivity index is 2.95. The number of hydrogen-bond donors (Lipinski definition) is 1. The molecule has 0 aromatic heterocycles. The van der Waals surface area contributed by atoms with Gasteiger partial charge in [0.25, 0.3) is 5.91 Å². The highest BCUT2D eigenvalue weighted by Gasteiger charge is 2.19. The first-order chi connectivity index (χ1) is 8.51. The average Bonchev–Trinajstić information content (AvgIpc) is 2.38. The predicted octanol–water partition coefficient (Wildman–Crippen LogP) is 2.10. The van der Waals surface area contributed by atoms with Crippen LogP contribution < -0.4 is 10.5 Å². The van der Waals surface area contributed by atoms with E-state index in [-0.39, 0.29) is 11.9 Å². The van der Waals surface area contributed by atoms with Crippen LogP contribution >= 0.6 is 11.8 Å². The molecule has 18 heavy (non-hydrogen) atoms. The van der Waals surface area contributed by atoms with E-state index in [4.69, 9.17) is 10.5 Å². The lowest BCUT2D eigenvalue weighted by Crippen LogP contribution is -2.36. The fourth-order valence-corrected chi connectivity index (χ4v) is 2.30. The normalized spacial score (nSPS) is 12.0. The first-order valence-electron chi connectivity index (χ1n) is 5.70. The fourth-order valence-electron chi connectivity index (χ4n) is 1.59. The van der Waals surface area contributed by atoms with Crippen LogP contribution in [0.2, 0.25) is 0 Å². The van der Waals surface area contributed by atoms with E-state index in [9.17, 15) is 4.79 Å². The summed E-state index contributed by atoms with van der Waals surface area (Å²) in [4.78, 5) is 14.0. The number of nitrogen functional groups attached to an aromatic ring is 1. The van der Waals surface area contributed by atoms with Crippen molar-refractivity contribution in [2.24, 2.45) is 0 Å². The van der Waals surface area contributed by atoms with Crippen molar-refractivity contribution < 1.29 is 9.53 Å². The zero-order valence-electron chi connectivity index (χ0n) is 11.3. The summed E-state index contributed by atoms with van der Waals surface area (Å²) in [6.45, 7) is 2.02. The van der Waals surface area contributed by atoms with Gasteiger partial charge in [0.05, 0.1) is 12.7 Å². The van der Waals surface area contributed by atoms with Gasteiger partial charge in [-0.05, 0) is 31.4 Å². The van der Waals surface area contributed by atoms with Crippen molar-refractivity contribution in [2.75, 3.05) is 31.9 Å². The second-order valence-electron chi connectivity index (χ2n) is 4.17. The Morgan fingerprint density at radius 1 is 1.56 bits per heavy atom. The summed E-state index contributed by atoms with van der Waals surface area (Å²) in [7, 11) is 3.36. The predicted molar refractivity (Wildman–Crippen MR) is 77.3 cm³/mol. The summed E-state index contributed by atoms with van der Waals surface area (Å²) in [6.07, 6.45) is 2.02. The van der Waals surface area contributed by atoms with Crippen LogP contribution in [0.5, 0.6) is 5.75 Å². The van der Waals surface area contributed by atoms with Gasteiger partial charge in [-0.3, -0.25) is 4.79 Å². The largest absolute Gasteiger partial charge is 0.497 e. The highest BCUT2D eigenvalue weighted by atomic mass is 32.2. The standard InChI is InChI=1S/C13H20N2O2S/c1-9(8-18-4)15(2)13(16)11-7-10(17-3)5-6-12(11)14/h5-7,9H,8,14H2,1-4H3. The molecule has 1 amide bonds. The van der Waals surface area contributed by atoms with Crippen LogP contribution in [0, 0.1) is 0 Å². The summed E-state index contributed by atoms with van der Waals surface area (Å²) in [5.41, 5.74) is 6.82. The summed E-state index contributed by atoms with van der Waals surface area (Å²) in [5.74, 6) is 1.46. The van der Waals surface area contributed by atoms with Crippen LogP contribution in [0.3, 0.4) is 0 Å². The van der Waals surface area contributed by atoms with Crippen LogP contribution in [0.1, 0.15) is 17.3 Å². The molecule has 0 aliphatic carbocycles. The van der Waals surface area contributed by atoms with Crippen LogP contribution in [-0.4, -0.2) is 43.0 Å². The number of carbonyl (C=O) groups is 1. The van der Waals surface area contributed by atoms with E-state index in [0.29, 0.717) is 17.0 Å². The van der Waals surface area contributed by atoms with Crippen molar-refractivity contribution in [1.82, 2.24) is 4.90 Å². The van der Waals surface area contributed by atoms with Gasteiger partial charge in [0.15, 0.2) is 0 Å². The second-order valence-corrected chi connectivity index (χ2v) is 5.08. The maximum atomic E-state index is 12.3. The molecule has 5 heteroatoms. The summed E-state index contributed by atoms with van der Waals surface area (Å²) < 4.78 is 5.12. The number of hydrogen-bond acceptors (Lipinski definition) is 4. The number of nitrogens with zero attached hydrogens (tertiary/aromatic N) is 1. The zero-order valence-corrected chi connectivity index (χ0v) is 12.1. The van der Waals surface area contributed by atoms with Crippen LogP contribution in [0.15, 0.2) is 18.2 Å².